The summed E-state index contributed by atoms with van der Waals surface area (Å²) in [6.07, 6.45) is 6.28. The van der Waals surface area contributed by atoms with Gasteiger partial charge in [-0.1, -0.05) is 6.42 Å². The third-order valence-corrected chi connectivity index (χ3v) is 4.09. The Labute approximate surface area is 121 Å². The molecule has 3 nitrogen and oxygen atoms in total. The molecule has 0 bridgehead atoms. The lowest BCUT2D eigenvalue weighted by Gasteiger charge is -2.23. The van der Waals surface area contributed by atoms with E-state index in [2.05, 4.69) is 22.6 Å². The second kappa shape index (κ2) is 6.41. The van der Waals surface area contributed by atoms with Crippen molar-refractivity contribution in [2.45, 2.75) is 38.2 Å². The minimum Gasteiger partial charge on any atom is -0.489 e. The fourth-order valence-corrected chi connectivity index (χ4v) is 2.66. The van der Waals surface area contributed by atoms with E-state index in [1.165, 1.54) is 26.4 Å². The van der Waals surface area contributed by atoms with Crippen LogP contribution in [0.3, 0.4) is 0 Å². The summed E-state index contributed by atoms with van der Waals surface area (Å²) in [7, 11) is 1.39. The maximum absolute atomic E-state index is 11.5. The highest BCUT2D eigenvalue weighted by atomic mass is 127. The molecule has 0 aliphatic heterocycles. The highest BCUT2D eigenvalue weighted by Crippen LogP contribution is 2.28. The van der Waals surface area contributed by atoms with Crippen LogP contribution in [0.2, 0.25) is 0 Å². The number of hydrogen-bond acceptors (Lipinski definition) is 3. The first-order valence-corrected chi connectivity index (χ1v) is 7.33. The van der Waals surface area contributed by atoms with E-state index in [0.717, 1.165) is 22.2 Å². The predicted octanol–water partition coefficient (Wildman–Crippen LogP) is 3.79. The number of methoxy groups -OCH3 is 1. The SMILES string of the molecule is COC(=O)c1ccc(I)c(OC2CCCCC2)c1. The number of rotatable bonds is 3. The van der Waals surface area contributed by atoms with Gasteiger partial charge in [0.15, 0.2) is 0 Å². The largest absolute Gasteiger partial charge is 0.489 e. The monoisotopic (exact) mass is 360 g/mol. The highest BCUT2D eigenvalue weighted by Gasteiger charge is 2.17. The Morgan fingerprint density at radius 2 is 2.00 bits per heavy atom. The van der Waals surface area contributed by atoms with Gasteiger partial charge < -0.3 is 9.47 Å². The molecule has 1 fully saturated rings. The van der Waals surface area contributed by atoms with E-state index in [4.69, 9.17) is 9.47 Å². The Hall–Kier alpha value is -0.780. The van der Waals surface area contributed by atoms with E-state index < -0.39 is 0 Å². The lowest BCUT2D eigenvalue weighted by Crippen LogP contribution is -2.20. The lowest BCUT2D eigenvalue weighted by molar-refractivity contribution is 0.0599. The molecule has 1 aliphatic carbocycles. The molecular formula is C14H17IO3. The molecule has 0 spiro atoms. The molecule has 2 rings (SSSR count). The third kappa shape index (κ3) is 3.37. The highest BCUT2D eigenvalue weighted by molar-refractivity contribution is 14.1. The minimum absolute atomic E-state index is 0.292. The van der Waals surface area contributed by atoms with Crippen molar-refractivity contribution in [1.29, 1.82) is 0 Å². The van der Waals surface area contributed by atoms with Crippen molar-refractivity contribution in [3.05, 3.63) is 27.3 Å². The van der Waals surface area contributed by atoms with E-state index in [-0.39, 0.29) is 5.97 Å². The predicted molar refractivity (Wildman–Crippen MR) is 78.0 cm³/mol. The minimum atomic E-state index is -0.320. The number of carbonyl (C=O) groups excluding carboxylic acids is 1. The van der Waals surface area contributed by atoms with Gasteiger partial charge in [0.2, 0.25) is 0 Å². The Morgan fingerprint density at radius 1 is 1.28 bits per heavy atom. The van der Waals surface area contributed by atoms with Crippen molar-refractivity contribution in [3.63, 3.8) is 0 Å². The van der Waals surface area contributed by atoms with Crippen LogP contribution in [0.1, 0.15) is 42.5 Å². The number of ether oxygens (including phenoxy) is 2. The zero-order valence-corrected chi connectivity index (χ0v) is 12.6. The van der Waals surface area contributed by atoms with Crippen LogP contribution in [0, 0.1) is 3.57 Å². The Kier molecular flexibility index (Phi) is 4.86. The van der Waals surface area contributed by atoms with Gasteiger partial charge in [0.05, 0.1) is 22.3 Å². The van der Waals surface area contributed by atoms with E-state index in [1.807, 2.05) is 6.07 Å². The van der Waals surface area contributed by atoms with Crippen molar-refractivity contribution >= 4 is 28.6 Å². The summed E-state index contributed by atoms with van der Waals surface area (Å²) < 4.78 is 11.8. The Balaban J connectivity index is 2.12. The van der Waals surface area contributed by atoms with Crippen LogP contribution in [-0.4, -0.2) is 19.2 Å². The Morgan fingerprint density at radius 3 is 2.67 bits per heavy atom. The van der Waals surface area contributed by atoms with Crippen LogP contribution in [0.5, 0.6) is 5.75 Å². The maximum atomic E-state index is 11.5. The van der Waals surface area contributed by atoms with Crippen molar-refractivity contribution in [2.75, 3.05) is 7.11 Å². The standard InChI is InChI=1S/C14H17IO3/c1-17-14(16)10-7-8-12(15)13(9-10)18-11-5-3-2-4-6-11/h7-9,11H,2-6H2,1H3. The molecule has 0 amide bonds. The molecule has 0 heterocycles. The molecule has 0 aromatic heterocycles. The van der Waals surface area contributed by atoms with Crippen LogP contribution >= 0.6 is 22.6 Å². The van der Waals surface area contributed by atoms with Gasteiger partial charge in [-0.25, -0.2) is 4.79 Å². The molecule has 0 saturated heterocycles. The summed E-state index contributed by atoms with van der Waals surface area (Å²) in [6.45, 7) is 0. The molecule has 0 atom stereocenters. The van der Waals surface area contributed by atoms with Gasteiger partial charge in [0.25, 0.3) is 0 Å². The molecule has 0 radical (unpaired) electrons. The topological polar surface area (TPSA) is 35.5 Å². The van der Waals surface area contributed by atoms with Crippen molar-refractivity contribution < 1.29 is 14.3 Å². The van der Waals surface area contributed by atoms with E-state index in [1.54, 1.807) is 12.1 Å². The summed E-state index contributed by atoms with van der Waals surface area (Å²) in [4.78, 5) is 11.5. The van der Waals surface area contributed by atoms with Crippen molar-refractivity contribution in [1.82, 2.24) is 0 Å². The van der Waals surface area contributed by atoms with Crippen LogP contribution < -0.4 is 4.74 Å². The average molecular weight is 360 g/mol. The number of benzene rings is 1. The quantitative estimate of drug-likeness (QED) is 0.608. The van der Waals surface area contributed by atoms with Gasteiger partial charge in [0, 0.05) is 0 Å². The van der Waals surface area contributed by atoms with E-state index in [0.29, 0.717) is 11.7 Å². The summed E-state index contributed by atoms with van der Waals surface area (Å²) in [5.41, 5.74) is 0.545. The molecule has 4 heteroatoms. The van der Waals surface area contributed by atoms with Gasteiger partial charge in [-0.05, 0) is 66.5 Å². The molecule has 98 valence electrons. The van der Waals surface area contributed by atoms with Crippen LogP contribution in [0.25, 0.3) is 0 Å². The molecule has 18 heavy (non-hydrogen) atoms. The lowest BCUT2D eigenvalue weighted by atomic mass is 9.98. The molecule has 1 aromatic rings. The average Bonchev–Trinajstić information content (AvgIpc) is 2.41. The third-order valence-electron chi connectivity index (χ3n) is 3.20. The number of esters is 1. The van der Waals surface area contributed by atoms with Gasteiger partial charge >= 0.3 is 5.97 Å². The number of halogens is 1. The summed E-state index contributed by atoms with van der Waals surface area (Å²) in [5, 5.41) is 0. The molecule has 1 aliphatic rings. The van der Waals surface area contributed by atoms with Crippen molar-refractivity contribution in [3.8, 4) is 5.75 Å². The fraction of sp³-hybridized carbons (Fsp3) is 0.500. The van der Waals surface area contributed by atoms with Crippen LogP contribution in [0.15, 0.2) is 18.2 Å². The van der Waals surface area contributed by atoms with Gasteiger partial charge in [-0.15, -0.1) is 0 Å². The van der Waals surface area contributed by atoms with Crippen molar-refractivity contribution in [2.24, 2.45) is 0 Å². The summed E-state index contributed by atoms with van der Waals surface area (Å²) in [5.74, 6) is 0.477. The van der Waals surface area contributed by atoms with Crippen LogP contribution in [0.4, 0.5) is 0 Å². The first kappa shape index (κ1) is 13.6. The van der Waals surface area contributed by atoms with Crippen LogP contribution in [-0.2, 0) is 4.74 Å². The molecule has 1 aromatic carbocycles. The number of carbonyl (C=O) groups is 1. The molecule has 1 saturated carbocycles. The van der Waals surface area contributed by atoms with Gasteiger partial charge in [0.1, 0.15) is 5.75 Å². The second-order valence-corrected chi connectivity index (χ2v) is 5.68. The first-order chi connectivity index (χ1) is 8.70. The van der Waals surface area contributed by atoms with Gasteiger partial charge in [-0.2, -0.15) is 0 Å². The zero-order chi connectivity index (χ0) is 13.0. The van der Waals surface area contributed by atoms with E-state index in [9.17, 15) is 4.79 Å². The Bertz CT molecular complexity index is 425. The van der Waals surface area contributed by atoms with E-state index >= 15 is 0 Å². The molecule has 0 unspecified atom stereocenters. The molecular weight excluding hydrogens is 343 g/mol. The second-order valence-electron chi connectivity index (χ2n) is 4.51. The smallest absolute Gasteiger partial charge is 0.337 e. The summed E-state index contributed by atoms with van der Waals surface area (Å²) in [6, 6.07) is 5.44. The molecule has 0 N–H and O–H groups in total. The number of hydrogen-bond donors (Lipinski definition) is 0. The fourth-order valence-electron chi connectivity index (χ4n) is 2.20. The normalized spacial score (nSPS) is 16.3. The summed E-state index contributed by atoms with van der Waals surface area (Å²) >= 11 is 2.23. The zero-order valence-electron chi connectivity index (χ0n) is 10.4. The van der Waals surface area contributed by atoms with Gasteiger partial charge in [-0.3, -0.25) is 0 Å². The first-order valence-electron chi connectivity index (χ1n) is 6.25. The maximum Gasteiger partial charge on any atom is 0.337 e.